The van der Waals surface area contributed by atoms with E-state index in [1.807, 2.05) is 12.1 Å². The molecule has 0 radical (unpaired) electrons. The van der Waals surface area contributed by atoms with Gasteiger partial charge in [0.25, 0.3) is 0 Å². The van der Waals surface area contributed by atoms with E-state index in [1.165, 1.54) is 0 Å². The maximum absolute atomic E-state index is 12.1. The van der Waals surface area contributed by atoms with E-state index < -0.39 is 11.5 Å². The lowest BCUT2D eigenvalue weighted by Gasteiger charge is -2.06. The van der Waals surface area contributed by atoms with Crippen LogP contribution < -0.4 is 11.4 Å². The van der Waals surface area contributed by atoms with E-state index in [0.717, 1.165) is 5.39 Å². The molecule has 4 heteroatoms. The fourth-order valence-corrected chi connectivity index (χ4v) is 2.18. The van der Waals surface area contributed by atoms with Gasteiger partial charge in [-0.05, 0) is 18.2 Å². The van der Waals surface area contributed by atoms with E-state index >= 15 is 0 Å². The molecule has 0 aliphatic carbocycles. The fourth-order valence-electron chi connectivity index (χ4n) is 2.18. The van der Waals surface area contributed by atoms with Crippen LogP contribution in [0.5, 0.6) is 0 Å². The predicted octanol–water partition coefficient (Wildman–Crippen LogP) is 2.56. The van der Waals surface area contributed by atoms with Crippen molar-refractivity contribution in [2.24, 2.45) is 5.73 Å². The quantitative estimate of drug-likeness (QED) is 0.724. The van der Waals surface area contributed by atoms with Crippen LogP contribution in [0, 0.1) is 0 Å². The Morgan fingerprint density at radius 1 is 0.950 bits per heavy atom. The summed E-state index contributed by atoms with van der Waals surface area (Å²) in [6.07, 6.45) is 0. The Morgan fingerprint density at radius 2 is 1.65 bits per heavy atom. The van der Waals surface area contributed by atoms with Gasteiger partial charge in [0.15, 0.2) is 0 Å². The van der Waals surface area contributed by atoms with Gasteiger partial charge in [0.2, 0.25) is 5.91 Å². The summed E-state index contributed by atoms with van der Waals surface area (Å²) in [5.41, 5.74) is 6.48. The lowest BCUT2D eigenvalue weighted by atomic mass is 10.00. The van der Waals surface area contributed by atoms with Crippen molar-refractivity contribution >= 4 is 16.9 Å². The molecule has 1 amide bonds. The molecule has 0 saturated carbocycles. The van der Waals surface area contributed by atoms with E-state index in [9.17, 15) is 9.59 Å². The van der Waals surface area contributed by atoms with Gasteiger partial charge in [-0.3, -0.25) is 4.79 Å². The zero-order valence-electron chi connectivity index (χ0n) is 10.5. The highest BCUT2D eigenvalue weighted by atomic mass is 16.4. The van der Waals surface area contributed by atoms with Crippen LogP contribution in [0.1, 0.15) is 10.4 Å². The number of amides is 1. The second-order valence-corrected chi connectivity index (χ2v) is 4.40. The number of carbonyl (C=O) groups excluding carboxylic acids is 1. The van der Waals surface area contributed by atoms with Crippen LogP contribution in [0.4, 0.5) is 0 Å². The third kappa shape index (κ3) is 1.97. The summed E-state index contributed by atoms with van der Waals surface area (Å²) in [6.45, 7) is 0. The van der Waals surface area contributed by atoms with Crippen molar-refractivity contribution in [1.29, 1.82) is 0 Å². The molecule has 0 aliphatic rings. The van der Waals surface area contributed by atoms with E-state index in [0.29, 0.717) is 22.3 Å². The lowest BCUT2D eigenvalue weighted by molar-refractivity contribution is 0.100. The monoisotopic (exact) mass is 265 g/mol. The standard InChI is InChI=1S/C16H11NO3/c17-15(18)12-7-3-2-6-11(12)13-9-10-5-1-4-8-14(10)20-16(13)19/h1-9H,(H2,17,18). The summed E-state index contributed by atoms with van der Waals surface area (Å²) < 4.78 is 5.27. The Kier molecular flexibility index (Phi) is 2.84. The minimum Gasteiger partial charge on any atom is -0.422 e. The zero-order chi connectivity index (χ0) is 14.1. The molecule has 20 heavy (non-hydrogen) atoms. The molecule has 3 aromatic rings. The van der Waals surface area contributed by atoms with Gasteiger partial charge in [0, 0.05) is 16.5 Å². The van der Waals surface area contributed by atoms with Crippen LogP contribution in [0.2, 0.25) is 0 Å². The number of nitrogens with two attached hydrogens (primary N) is 1. The molecule has 98 valence electrons. The van der Waals surface area contributed by atoms with E-state index in [2.05, 4.69) is 0 Å². The van der Waals surface area contributed by atoms with E-state index in [-0.39, 0.29) is 0 Å². The second-order valence-electron chi connectivity index (χ2n) is 4.40. The highest BCUT2D eigenvalue weighted by Gasteiger charge is 2.14. The number of benzene rings is 2. The summed E-state index contributed by atoms with van der Waals surface area (Å²) >= 11 is 0. The van der Waals surface area contributed by atoms with Gasteiger partial charge in [0.05, 0.1) is 5.56 Å². The molecule has 0 atom stereocenters. The van der Waals surface area contributed by atoms with Crippen molar-refractivity contribution in [2.45, 2.75) is 0 Å². The number of carbonyl (C=O) groups is 1. The summed E-state index contributed by atoms with van der Waals surface area (Å²) in [7, 11) is 0. The van der Waals surface area contributed by atoms with Crippen molar-refractivity contribution in [3.8, 4) is 11.1 Å². The fraction of sp³-hybridized carbons (Fsp3) is 0. The van der Waals surface area contributed by atoms with Gasteiger partial charge in [-0.25, -0.2) is 4.79 Å². The van der Waals surface area contributed by atoms with Gasteiger partial charge >= 0.3 is 5.63 Å². The molecular weight excluding hydrogens is 254 g/mol. The van der Waals surface area contributed by atoms with Gasteiger partial charge in [0.1, 0.15) is 5.58 Å². The molecular formula is C16H11NO3. The molecule has 3 rings (SSSR count). The number of para-hydroxylation sites is 1. The SMILES string of the molecule is NC(=O)c1ccccc1-c1cc2ccccc2oc1=O. The molecule has 4 nitrogen and oxygen atoms in total. The van der Waals surface area contributed by atoms with Gasteiger partial charge in [-0.1, -0.05) is 36.4 Å². The average Bonchev–Trinajstić information content (AvgIpc) is 2.46. The maximum atomic E-state index is 12.1. The Labute approximate surface area is 114 Å². The molecule has 0 unspecified atom stereocenters. The van der Waals surface area contributed by atoms with Crippen molar-refractivity contribution < 1.29 is 9.21 Å². The van der Waals surface area contributed by atoms with Crippen LogP contribution in [0.25, 0.3) is 22.1 Å². The normalized spacial score (nSPS) is 10.6. The first-order chi connectivity index (χ1) is 9.66. The van der Waals surface area contributed by atoms with Crippen LogP contribution in [0.15, 0.2) is 63.8 Å². The van der Waals surface area contributed by atoms with Crippen LogP contribution >= 0.6 is 0 Å². The average molecular weight is 265 g/mol. The largest absolute Gasteiger partial charge is 0.422 e. The first kappa shape index (κ1) is 12.2. The van der Waals surface area contributed by atoms with Crippen molar-refractivity contribution in [1.82, 2.24) is 0 Å². The number of hydrogen-bond donors (Lipinski definition) is 1. The molecule has 2 N–H and O–H groups in total. The zero-order valence-corrected chi connectivity index (χ0v) is 10.5. The topological polar surface area (TPSA) is 73.3 Å². The van der Waals surface area contributed by atoms with E-state index in [1.54, 1.807) is 42.5 Å². The predicted molar refractivity (Wildman–Crippen MR) is 76.4 cm³/mol. The smallest absolute Gasteiger partial charge is 0.344 e. The Balaban J connectivity index is 2.33. The molecule has 0 spiro atoms. The summed E-state index contributed by atoms with van der Waals surface area (Å²) in [5, 5.41) is 0.793. The molecule has 0 bridgehead atoms. The van der Waals surface area contributed by atoms with Crippen molar-refractivity contribution in [3.05, 3.63) is 70.6 Å². The Bertz CT molecular complexity index is 865. The summed E-state index contributed by atoms with van der Waals surface area (Å²) in [4.78, 5) is 23.5. The highest BCUT2D eigenvalue weighted by molar-refractivity contribution is 6.00. The Morgan fingerprint density at radius 3 is 2.45 bits per heavy atom. The highest BCUT2D eigenvalue weighted by Crippen LogP contribution is 2.23. The van der Waals surface area contributed by atoms with E-state index in [4.69, 9.17) is 10.2 Å². The minimum absolute atomic E-state index is 0.301. The van der Waals surface area contributed by atoms with Gasteiger partial charge in [-0.15, -0.1) is 0 Å². The molecule has 2 aromatic carbocycles. The number of fused-ring (bicyclic) bond motifs is 1. The molecule has 1 aromatic heterocycles. The maximum Gasteiger partial charge on any atom is 0.344 e. The molecule has 0 aliphatic heterocycles. The molecule has 1 heterocycles. The summed E-state index contributed by atoms with van der Waals surface area (Å²) in [6, 6.07) is 15.6. The number of rotatable bonds is 2. The number of hydrogen-bond acceptors (Lipinski definition) is 3. The first-order valence-corrected chi connectivity index (χ1v) is 6.09. The summed E-state index contributed by atoms with van der Waals surface area (Å²) in [5.74, 6) is -0.576. The minimum atomic E-state index is -0.576. The number of primary amides is 1. The molecule has 0 saturated heterocycles. The van der Waals surface area contributed by atoms with Gasteiger partial charge < -0.3 is 10.2 Å². The third-order valence-corrected chi connectivity index (χ3v) is 3.12. The van der Waals surface area contributed by atoms with Crippen LogP contribution in [-0.2, 0) is 0 Å². The second kappa shape index (κ2) is 4.66. The first-order valence-electron chi connectivity index (χ1n) is 6.09. The third-order valence-electron chi connectivity index (χ3n) is 3.12. The van der Waals surface area contributed by atoms with Crippen LogP contribution in [-0.4, -0.2) is 5.91 Å². The van der Waals surface area contributed by atoms with Crippen LogP contribution in [0.3, 0.4) is 0 Å². The van der Waals surface area contributed by atoms with Gasteiger partial charge in [-0.2, -0.15) is 0 Å². The van der Waals surface area contributed by atoms with Crippen molar-refractivity contribution in [2.75, 3.05) is 0 Å². The van der Waals surface area contributed by atoms with Crippen molar-refractivity contribution in [3.63, 3.8) is 0 Å². The molecule has 0 fully saturated rings. The Hall–Kier alpha value is -2.88. The lowest BCUT2D eigenvalue weighted by Crippen LogP contribution is -2.14.